The summed E-state index contributed by atoms with van der Waals surface area (Å²) < 4.78 is 0. The van der Waals surface area contributed by atoms with Gasteiger partial charge in [-0.25, -0.2) is 0 Å². The molecule has 3 N–H and O–H groups in total. The van der Waals surface area contributed by atoms with Crippen molar-refractivity contribution in [2.24, 2.45) is 0 Å². The van der Waals surface area contributed by atoms with Crippen LogP contribution in [0.4, 0.5) is 5.69 Å². The Morgan fingerprint density at radius 1 is 1.32 bits per heavy atom. The number of carbonyl (C=O) groups is 3. The smallest absolute Gasteiger partial charge is 0.305 e. The maximum Gasteiger partial charge on any atom is 0.305 e. The van der Waals surface area contributed by atoms with E-state index in [1.54, 1.807) is 12.1 Å². The molecule has 1 unspecified atom stereocenters. The lowest BCUT2D eigenvalue weighted by Crippen LogP contribution is -2.56. The average molecular weight is 302 g/mol. The molecule has 2 amide bonds. The van der Waals surface area contributed by atoms with E-state index in [1.807, 2.05) is 12.1 Å². The van der Waals surface area contributed by atoms with Crippen molar-refractivity contribution in [3.63, 3.8) is 0 Å². The van der Waals surface area contributed by atoms with Gasteiger partial charge >= 0.3 is 5.97 Å². The molecule has 1 heterocycles. The number of rotatable bonds is 4. The number of carbonyl (C=O) groups excluding carboxylic acids is 2. The van der Waals surface area contributed by atoms with E-state index in [0.29, 0.717) is 18.5 Å². The number of carboxylic acid groups (broad SMARTS) is 1. The zero-order valence-electron chi connectivity index (χ0n) is 12.1. The Labute approximate surface area is 127 Å². The van der Waals surface area contributed by atoms with Gasteiger partial charge in [-0.2, -0.15) is 0 Å². The van der Waals surface area contributed by atoms with Gasteiger partial charge in [0.15, 0.2) is 0 Å². The van der Waals surface area contributed by atoms with Gasteiger partial charge in [-0.3, -0.25) is 14.4 Å². The summed E-state index contributed by atoms with van der Waals surface area (Å²) in [5.74, 6) is -1.93. The third kappa shape index (κ3) is 2.68. The van der Waals surface area contributed by atoms with Gasteiger partial charge < -0.3 is 15.7 Å². The first-order chi connectivity index (χ1) is 10.5. The topological polar surface area (TPSA) is 95.5 Å². The first kappa shape index (κ1) is 14.6. The fourth-order valence-electron chi connectivity index (χ4n) is 3.23. The molecule has 1 aliphatic heterocycles. The first-order valence-electron chi connectivity index (χ1n) is 7.42. The van der Waals surface area contributed by atoms with E-state index in [4.69, 9.17) is 5.11 Å². The molecule has 6 nitrogen and oxygen atoms in total. The van der Waals surface area contributed by atoms with E-state index in [0.717, 1.165) is 12.0 Å². The Balaban J connectivity index is 1.80. The fourth-order valence-corrected chi connectivity index (χ4v) is 3.23. The van der Waals surface area contributed by atoms with Crippen LogP contribution in [0, 0.1) is 0 Å². The minimum Gasteiger partial charge on any atom is -0.481 e. The lowest BCUT2D eigenvalue weighted by Gasteiger charge is -2.42. The zero-order chi connectivity index (χ0) is 15.7. The summed E-state index contributed by atoms with van der Waals surface area (Å²) in [6, 6.07) is 7.22. The van der Waals surface area contributed by atoms with Crippen molar-refractivity contribution >= 4 is 23.5 Å². The highest BCUT2D eigenvalue weighted by atomic mass is 16.4. The van der Waals surface area contributed by atoms with Gasteiger partial charge in [-0.15, -0.1) is 0 Å². The SMILES string of the molecule is O=C(O)CC1(NC(=O)C2CC(=O)Nc3ccccc32)CCC1. The number of amides is 2. The maximum atomic E-state index is 12.6. The number of hydrogen-bond acceptors (Lipinski definition) is 3. The molecule has 1 aliphatic carbocycles. The second-order valence-corrected chi connectivity index (χ2v) is 6.09. The van der Waals surface area contributed by atoms with Crippen LogP contribution in [-0.2, 0) is 14.4 Å². The van der Waals surface area contributed by atoms with E-state index in [2.05, 4.69) is 10.6 Å². The summed E-state index contributed by atoms with van der Waals surface area (Å²) >= 11 is 0. The van der Waals surface area contributed by atoms with Crippen molar-refractivity contribution in [1.29, 1.82) is 0 Å². The molecule has 0 saturated heterocycles. The molecule has 0 aromatic heterocycles. The largest absolute Gasteiger partial charge is 0.481 e. The molecule has 3 rings (SSSR count). The number of anilines is 1. The normalized spacial score (nSPS) is 22.0. The maximum absolute atomic E-state index is 12.6. The molecule has 2 aliphatic rings. The van der Waals surface area contributed by atoms with Crippen LogP contribution in [0.3, 0.4) is 0 Å². The van der Waals surface area contributed by atoms with Gasteiger partial charge in [0.25, 0.3) is 0 Å². The van der Waals surface area contributed by atoms with Crippen LogP contribution in [0.25, 0.3) is 0 Å². The third-order valence-electron chi connectivity index (χ3n) is 4.50. The molecule has 1 saturated carbocycles. The lowest BCUT2D eigenvalue weighted by molar-refractivity contribution is -0.141. The van der Waals surface area contributed by atoms with Crippen LogP contribution in [0.5, 0.6) is 0 Å². The molecule has 6 heteroatoms. The van der Waals surface area contributed by atoms with Gasteiger partial charge in [0.2, 0.25) is 11.8 Å². The van der Waals surface area contributed by atoms with E-state index < -0.39 is 17.4 Å². The number of carboxylic acids is 1. The molecule has 1 aromatic rings. The molecule has 1 atom stereocenters. The van der Waals surface area contributed by atoms with Crippen molar-refractivity contribution in [1.82, 2.24) is 5.32 Å². The molecular formula is C16H18N2O4. The van der Waals surface area contributed by atoms with Gasteiger partial charge in [-0.1, -0.05) is 18.2 Å². The van der Waals surface area contributed by atoms with Crippen LogP contribution < -0.4 is 10.6 Å². The van der Waals surface area contributed by atoms with E-state index in [-0.39, 0.29) is 24.7 Å². The summed E-state index contributed by atoms with van der Waals surface area (Å²) in [7, 11) is 0. The van der Waals surface area contributed by atoms with Gasteiger partial charge in [-0.05, 0) is 30.9 Å². The lowest BCUT2D eigenvalue weighted by atomic mass is 9.73. The number of nitrogens with one attached hydrogen (secondary N) is 2. The minimum absolute atomic E-state index is 0.0701. The second-order valence-electron chi connectivity index (χ2n) is 6.09. The van der Waals surface area contributed by atoms with Crippen LogP contribution >= 0.6 is 0 Å². The molecule has 0 spiro atoms. The summed E-state index contributed by atoms with van der Waals surface area (Å²) in [5, 5.41) is 14.7. The number of aliphatic carboxylic acids is 1. The Kier molecular flexibility index (Phi) is 3.60. The molecule has 0 bridgehead atoms. The van der Waals surface area contributed by atoms with E-state index in [9.17, 15) is 14.4 Å². The highest BCUT2D eigenvalue weighted by Gasteiger charge is 2.42. The summed E-state index contributed by atoms with van der Waals surface area (Å²) in [5.41, 5.74) is 0.787. The van der Waals surface area contributed by atoms with Crippen LogP contribution in [0.2, 0.25) is 0 Å². The molecule has 1 fully saturated rings. The highest BCUT2D eigenvalue weighted by molar-refractivity contribution is 6.01. The Morgan fingerprint density at radius 3 is 2.68 bits per heavy atom. The fraction of sp³-hybridized carbons (Fsp3) is 0.438. The molecule has 0 radical (unpaired) electrons. The average Bonchev–Trinajstić information content (AvgIpc) is 2.43. The monoisotopic (exact) mass is 302 g/mol. The standard InChI is InChI=1S/C16H18N2O4/c19-13-8-11(10-4-1-2-5-12(10)17-13)15(22)18-16(6-3-7-16)9-14(20)21/h1-2,4-5,11H,3,6-9H2,(H,17,19)(H,18,22)(H,20,21). The van der Waals surface area contributed by atoms with Crippen molar-refractivity contribution in [3.05, 3.63) is 29.8 Å². The van der Waals surface area contributed by atoms with E-state index >= 15 is 0 Å². The van der Waals surface area contributed by atoms with Crippen molar-refractivity contribution in [3.8, 4) is 0 Å². The van der Waals surface area contributed by atoms with Crippen molar-refractivity contribution in [2.45, 2.75) is 43.6 Å². The predicted molar refractivity (Wildman–Crippen MR) is 79.4 cm³/mol. The van der Waals surface area contributed by atoms with Crippen LogP contribution in [0.15, 0.2) is 24.3 Å². The third-order valence-corrected chi connectivity index (χ3v) is 4.50. The zero-order valence-corrected chi connectivity index (χ0v) is 12.1. The van der Waals surface area contributed by atoms with Gasteiger partial charge in [0.1, 0.15) is 0 Å². The quantitative estimate of drug-likeness (QED) is 0.787. The number of fused-ring (bicyclic) bond motifs is 1. The first-order valence-corrected chi connectivity index (χ1v) is 7.42. The number of hydrogen-bond donors (Lipinski definition) is 3. The van der Waals surface area contributed by atoms with Crippen molar-refractivity contribution in [2.75, 3.05) is 5.32 Å². The molecule has 22 heavy (non-hydrogen) atoms. The van der Waals surface area contributed by atoms with Gasteiger partial charge in [0, 0.05) is 12.1 Å². The van der Waals surface area contributed by atoms with Crippen molar-refractivity contribution < 1.29 is 19.5 Å². The molecular weight excluding hydrogens is 284 g/mol. The number of benzene rings is 1. The summed E-state index contributed by atoms with van der Waals surface area (Å²) in [6.07, 6.45) is 2.28. The predicted octanol–water partition coefficient (Wildman–Crippen LogP) is 1.63. The van der Waals surface area contributed by atoms with Crippen LogP contribution in [-0.4, -0.2) is 28.4 Å². The molecule has 116 valence electrons. The Hall–Kier alpha value is -2.37. The Morgan fingerprint density at radius 2 is 2.05 bits per heavy atom. The molecule has 1 aromatic carbocycles. The second kappa shape index (κ2) is 5.44. The van der Waals surface area contributed by atoms with E-state index in [1.165, 1.54) is 0 Å². The highest BCUT2D eigenvalue weighted by Crippen LogP contribution is 2.37. The minimum atomic E-state index is -0.915. The number of para-hydroxylation sites is 1. The van der Waals surface area contributed by atoms with Crippen LogP contribution in [0.1, 0.15) is 43.6 Å². The Bertz CT molecular complexity index is 637. The van der Waals surface area contributed by atoms with Gasteiger partial charge in [0.05, 0.1) is 17.9 Å². The summed E-state index contributed by atoms with van der Waals surface area (Å²) in [6.45, 7) is 0. The summed E-state index contributed by atoms with van der Waals surface area (Å²) in [4.78, 5) is 35.4.